The highest BCUT2D eigenvalue weighted by molar-refractivity contribution is 7.89. The number of amides is 1. The van der Waals surface area contributed by atoms with Crippen LogP contribution in [0, 0.1) is 0 Å². The Bertz CT molecular complexity index is 1120. The van der Waals surface area contributed by atoms with Gasteiger partial charge in [0.15, 0.2) is 0 Å². The molecule has 0 bridgehead atoms. The molecule has 0 radical (unpaired) electrons. The topological polar surface area (TPSA) is 76.2 Å². The van der Waals surface area contributed by atoms with Crippen molar-refractivity contribution in [3.63, 3.8) is 0 Å². The minimum absolute atomic E-state index is 0.146. The third-order valence-corrected chi connectivity index (χ3v) is 8.32. The Labute approximate surface area is 196 Å². The van der Waals surface area contributed by atoms with Crippen LogP contribution in [0.5, 0.6) is 5.75 Å². The van der Waals surface area contributed by atoms with E-state index in [1.165, 1.54) is 16.4 Å². The number of hydrogen-bond acceptors (Lipinski definition) is 5. The lowest BCUT2D eigenvalue weighted by atomic mass is 9.79. The molecule has 0 N–H and O–H groups in total. The fraction of sp³-hybridized carbons (Fsp3) is 0.480. The summed E-state index contributed by atoms with van der Waals surface area (Å²) in [6.07, 6.45) is 0.810. The minimum atomic E-state index is -3.60. The van der Waals surface area contributed by atoms with Crippen LogP contribution in [0.15, 0.2) is 47.4 Å². The summed E-state index contributed by atoms with van der Waals surface area (Å²) in [5, 5.41) is 0. The average molecular weight is 473 g/mol. The maximum absolute atomic E-state index is 13.7. The van der Waals surface area contributed by atoms with Gasteiger partial charge in [0.1, 0.15) is 5.75 Å². The van der Waals surface area contributed by atoms with Crippen LogP contribution in [0.1, 0.15) is 56.0 Å². The van der Waals surface area contributed by atoms with E-state index < -0.39 is 15.6 Å². The Balaban J connectivity index is 1.65. The van der Waals surface area contributed by atoms with Gasteiger partial charge in [-0.25, -0.2) is 8.42 Å². The number of carbonyl (C=O) groups is 1. The van der Waals surface area contributed by atoms with Crippen molar-refractivity contribution in [1.82, 2.24) is 4.31 Å². The first-order valence-corrected chi connectivity index (χ1v) is 12.9. The van der Waals surface area contributed by atoms with Crippen LogP contribution >= 0.6 is 0 Å². The van der Waals surface area contributed by atoms with Crippen LogP contribution in [0.4, 0.5) is 5.69 Å². The SMILES string of the molecule is CCOc1ccc2c(c1)C(C)CC(C)(C)N2C(=O)c1ccc(S(=O)(=O)N2CCOCC2)cc1. The monoisotopic (exact) mass is 472 g/mol. The lowest BCUT2D eigenvalue weighted by Gasteiger charge is -2.46. The molecule has 0 aliphatic carbocycles. The molecule has 2 aromatic carbocycles. The summed E-state index contributed by atoms with van der Waals surface area (Å²) in [6, 6.07) is 12.1. The summed E-state index contributed by atoms with van der Waals surface area (Å²) in [5.74, 6) is 0.931. The Morgan fingerprint density at radius 2 is 1.79 bits per heavy atom. The van der Waals surface area contributed by atoms with Gasteiger partial charge in [0.25, 0.3) is 5.91 Å². The van der Waals surface area contributed by atoms with Crippen molar-refractivity contribution in [2.75, 3.05) is 37.8 Å². The molecule has 2 aliphatic heterocycles. The molecule has 4 rings (SSSR count). The van der Waals surface area contributed by atoms with Gasteiger partial charge >= 0.3 is 0 Å². The summed E-state index contributed by atoms with van der Waals surface area (Å²) in [7, 11) is -3.60. The number of anilines is 1. The molecule has 2 heterocycles. The van der Waals surface area contributed by atoms with E-state index in [9.17, 15) is 13.2 Å². The Morgan fingerprint density at radius 3 is 2.42 bits per heavy atom. The van der Waals surface area contributed by atoms with E-state index >= 15 is 0 Å². The first-order valence-electron chi connectivity index (χ1n) is 11.4. The third-order valence-electron chi connectivity index (χ3n) is 6.41. The van der Waals surface area contributed by atoms with E-state index in [1.54, 1.807) is 12.1 Å². The molecule has 8 heteroatoms. The second-order valence-electron chi connectivity index (χ2n) is 9.25. The van der Waals surface area contributed by atoms with Crippen LogP contribution in [0.25, 0.3) is 0 Å². The van der Waals surface area contributed by atoms with Gasteiger partial charge in [0.2, 0.25) is 10.0 Å². The van der Waals surface area contributed by atoms with E-state index in [1.807, 2.05) is 30.0 Å². The number of nitrogens with zero attached hydrogens (tertiary/aromatic N) is 2. The van der Waals surface area contributed by atoms with Gasteiger partial charge in [-0.3, -0.25) is 4.79 Å². The fourth-order valence-corrected chi connectivity index (χ4v) is 6.29. The number of carbonyl (C=O) groups excluding carboxylic acids is 1. The average Bonchev–Trinajstić information content (AvgIpc) is 2.79. The zero-order valence-corrected chi connectivity index (χ0v) is 20.5. The van der Waals surface area contributed by atoms with Gasteiger partial charge in [-0.2, -0.15) is 4.31 Å². The molecule has 1 atom stereocenters. The van der Waals surface area contributed by atoms with Gasteiger partial charge in [0, 0.05) is 29.9 Å². The molecule has 0 saturated carbocycles. The summed E-state index contributed by atoms with van der Waals surface area (Å²) >= 11 is 0. The van der Waals surface area contributed by atoms with Gasteiger partial charge in [-0.15, -0.1) is 0 Å². The number of rotatable bonds is 5. The third kappa shape index (κ3) is 4.52. The first-order chi connectivity index (χ1) is 15.6. The Hall–Kier alpha value is -2.42. The number of hydrogen-bond donors (Lipinski definition) is 0. The van der Waals surface area contributed by atoms with Crippen molar-refractivity contribution in [2.24, 2.45) is 0 Å². The molecular weight excluding hydrogens is 440 g/mol. The predicted octanol–water partition coefficient (Wildman–Crippen LogP) is 4.04. The second-order valence-corrected chi connectivity index (χ2v) is 11.2. The molecule has 0 aromatic heterocycles. The number of fused-ring (bicyclic) bond motifs is 1. The van der Waals surface area contributed by atoms with Crippen molar-refractivity contribution in [3.8, 4) is 5.75 Å². The molecule has 33 heavy (non-hydrogen) atoms. The number of ether oxygens (including phenoxy) is 2. The van der Waals surface area contributed by atoms with Crippen LogP contribution < -0.4 is 9.64 Å². The standard InChI is InChI=1S/C25H32N2O5S/c1-5-32-20-8-11-23-22(16-20)18(2)17-25(3,4)27(23)24(28)19-6-9-21(10-7-19)33(29,30)26-12-14-31-15-13-26/h6-11,16,18H,5,12-15,17H2,1-4H3. The highest BCUT2D eigenvalue weighted by Crippen LogP contribution is 2.45. The molecule has 1 fully saturated rings. The molecule has 1 saturated heterocycles. The second kappa shape index (κ2) is 9.08. The van der Waals surface area contributed by atoms with E-state index in [-0.39, 0.29) is 16.7 Å². The van der Waals surface area contributed by atoms with Crippen molar-refractivity contribution >= 4 is 21.6 Å². The van der Waals surface area contributed by atoms with E-state index in [2.05, 4.69) is 20.8 Å². The van der Waals surface area contributed by atoms with Gasteiger partial charge in [-0.05, 0) is 81.1 Å². The maximum atomic E-state index is 13.7. The van der Waals surface area contributed by atoms with E-state index in [0.29, 0.717) is 38.5 Å². The smallest absolute Gasteiger partial charge is 0.258 e. The van der Waals surface area contributed by atoms with Crippen molar-refractivity contribution in [1.29, 1.82) is 0 Å². The number of sulfonamides is 1. The normalized spacial score (nSPS) is 20.8. The van der Waals surface area contributed by atoms with Gasteiger partial charge < -0.3 is 14.4 Å². The van der Waals surface area contributed by atoms with Crippen molar-refractivity contribution in [3.05, 3.63) is 53.6 Å². The van der Waals surface area contributed by atoms with Crippen LogP contribution in [0.3, 0.4) is 0 Å². The molecule has 178 valence electrons. The van der Waals surface area contributed by atoms with Gasteiger partial charge in [-0.1, -0.05) is 6.92 Å². The molecular formula is C25H32N2O5S. The lowest BCUT2D eigenvalue weighted by Crippen LogP contribution is -2.51. The Morgan fingerprint density at radius 1 is 1.12 bits per heavy atom. The van der Waals surface area contributed by atoms with Crippen LogP contribution in [-0.4, -0.2) is 57.1 Å². The predicted molar refractivity (Wildman–Crippen MR) is 128 cm³/mol. The zero-order valence-electron chi connectivity index (χ0n) is 19.7. The summed E-state index contributed by atoms with van der Waals surface area (Å²) in [6.45, 7) is 10.3. The van der Waals surface area contributed by atoms with Crippen LogP contribution in [0.2, 0.25) is 0 Å². The summed E-state index contributed by atoms with van der Waals surface area (Å²) in [4.78, 5) is 15.7. The molecule has 2 aliphatic rings. The molecule has 7 nitrogen and oxygen atoms in total. The van der Waals surface area contributed by atoms with E-state index in [0.717, 1.165) is 23.4 Å². The van der Waals surface area contributed by atoms with Gasteiger partial charge in [0.05, 0.1) is 24.7 Å². The molecule has 1 amide bonds. The summed E-state index contributed by atoms with van der Waals surface area (Å²) < 4.78 is 38.2. The van der Waals surface area contributed by atoms with Crippen LogP contribution in [-0.2, 0) is 14.8 Å². The largest absolute Gasteiger partial charge is 0.494 e. The quantitative estimate of drug-likeness (QED) is 0.657. The molecule has 0 spiro atoms. The molecule has 2 aromatic rings. The number of morpholine rings is 1. The highest BCUT2D eigenvalue weighted by Gasteiger charge is 2.40. The Kier molecular flexibility index (Phi) is 6.53. The zero-order chi connectivity index (χ0) is 23.8. The highest BCUT2D eigenvalue weighted by atomic mass is 32.2. The lowest BCUT2D eigenvalue weighted by molar-refractivity contribution is 0.0730. The first kappa shape index (κ1) is 23.7. The number of benzene rings is 2. The minimum Gasteiger partial charge on any atom is -0.494 e. The fourth-order valence-electron chi connectivity index (χ4n) is 4.88. The van der Waals surface area contributed by atoms with E-state index in [4.69, 9.17) is 9.47 Å². The maximum Gasteiger partial charge on any atom is 0.258 e. The van der Waals surface area contributed by atoms with Crippen molar-refractivity contribution < 1.29 is 22.7 Å². The molecule has 1 unspecified atom stereocenters. The van der Waals surface area contributed by atoms with Crippen molar-refractivity contribution in [2.45, 2.75) is 50.5 Å². The summed E-state index contributed by atoms with van der Waals surface area (Å²) in [5.41, 5.74) is 2.02.